The van der Waals surface area contributed by atoms with E-state index in [2.05, 4.69) is 162 Å². The average Bonchev–Trinajstić information content (AvgIpc) is 3.96. The molecule has 6 nitrogen and oxygen atoms in total. The highest BCUT2D eigenvalue weighted by Crippen LogP contribution is 2.54. The van der Waals surface area contributed by atoms with Crippen molar-refractivity contribution in [3.05, 3.63) is 210 Å². The van der Waals surface area contributed by atoms with Gasteiger partial charge in [-0.1, -0.05) is 127 Å². The van der Waals surface area contributed by atoms with Crippen LogP contribution in [0, 0.1) is 0 Å². The van der Waals surface area contributed by atoms with Gasteiger partial charge in [0, 0.05) is 55.7 Å². The van der Waals surface area contributed by atoms with E-state index >= 15 is 0 Å². The van der Waals surface area contributed by atoms with Crippen LogP contribution in [-0.4, -0.2) is 17.7 Å². The first kappa shape index (κ1) is 31.9. The second kappa shape index (κ2) is 12.5. The van der Waals surface area contributed by atoms with Crippen LogP contribution < -0.4 is 10.2 Å². The van der Waals surface area contributed by atoms with Gasteiger partial charge in [-0.15, -0.1) is 0 Å². The number of hydrogen-bond donors (Lipinski definition) is 1. The van der Waals surface area contributed by atoms with Gasteiger partial charge >= 0.3 is 0 Å². The first-order chi connectivity index (χ1) is 28.2. The van der Waals surface area contributed by atoms with Crippen molar-refractivity contribution >= 4 is 62.0 Å². The number of nitrogens with one attached hydrogen (secondary N) is 1. The first-order valence-corrected chi connectivity index (χ1v) is 19.4. The van der Waals surface area contributed by atoms with Crippen LogP contribution in [0.2, 0.25) is 0 Å². The zero-order valence-electron chi connectivity index (χ0n) is 30.7. The van der Waals surface area contributed by atoms with Gasteiger partial charge in [-0.2, -0.15) is 0 Å². The zero-order chi connectivity index (χ0) is 37.5. The molecule has 0 fully saturated rings. The van der Waals surface area contributed by atoms with E-state index in [1.807, 2.05) is 30.3 Å². The van der Waals surface area contributed by atoms with E-state index < -0.39 is 6.17 Å². The maximum absolute atomic E-state index is 6.72. The molecule has 3 atom stereocenters. The third-order valence-corrected chi connectivity index (χ3v) is 11.7. The van der Waals surface area contributed by atoms with Crippen molar-refractivity contribution in [3.63, 3.8) is 0 Å². The Kier molecular flexibility index (Phi) is 7.01. The molecule has 2 aliphatic heterocycles. The van der Waals surface area contributed by atoms with Crippen molar-refractivity contribution in [1.82, 2.24) is 5.32 Å². The molecule has 4 heterocycles. The van der Waals surface area contributed by atoms with Crippen molar-refractivity contribution in [2.24, 2.45) is 9.98 Å². The Morgan fingerprint density at radius 1 is 0.509 bits per heavy atom. The number of hydrogen-bond acceptors (Lipinski definition) is 6. The van der Waals surface area contributed by atoms with Crippen LogP contribution in [0.5, 0.6) is 0 Å². The van der Waals surface area contributed by atoms with Gasteiger partial charge in [-0.3, -0.25) is 0 Å². The van der Waals surface area contributed by atoms with Crippen LogP contribution in [0.4, 0.5) is 11.4 Å². The van der Waals surface area contributed by atoms with Gasteiger partial charge in [0.05, 0.1) is 6.04 Å². The predicted octanol–water partition coefficient (Wildman–Crippen LogP) is 12.2. The third kappa shape index (κ3) is 5.04. The van der Waals surface area contributed by atoms with Crippen LogP contribution >= 0.6 is 0 Å². The molecular weight excluding hydrogens is 701 g/mol. The lowest BCUT2D eigenvalue weighted by Crippen LogP contribution is -2.36. The summed E-state index contributed by atoms with van der Waals surface area (Å²) in [5, 5.41) is 6.85. The van der Waals surface area contributed by atoms with Crippen LogP contribution in [0.3, 0.4) is 0 Å². The van der Waals surface area contributed by atoms with Gasteiger partial charge in [0.1, 0.15) is 34.2 Å². The molecule has 0 radical (unpaired) electrons. The van der Waals surface area contributed by atoms with Gasteiger partial charge in [0.25, 0.3) is 0 Å². The lowest BCUT2D eigenvalue weighted by atomic mass is 9.81. The van der Waals surface area contributed by atoms with Crippen LogP contribution in [-0.2, 0) is 0 Å². The maximum Gasteiger partial charge on any atom is 0.170 e. The Hall–Kier alpha value is -7.44. The van der Waals surface area contributed by atoms with E-state index in [1.54, 1.807) is 0 Å². The molecule has 1 aliphatic carbocycles. The average molecular weight is 735 g/mol. The fraction of sp³-hybridized carbons (Fsp3) is 0.0588. The quantitative estimate of drug-likeness (QED) is 0.191. The van der Waals surface area contributed by atoms with Gasteiger partial charge < -0.3 is 19.1 Å². The zero-order valence-corrected chi connectivity index (χ0v) is 30.7. The van der Waals surface area contributed by atoms with E-state index in [0.29, 0.717) is 0 Å². The number of para-hydroxylation sites is 3. The smallest absolute Gasteiger partial charge is 0.170 e. The normalized spacial score (nSPS) is 18.2. The van der Waals surface area contributed by atoms with Crippen molar-refractivity contribution in [2.45, 2.75) is 18.1 Å². The second-order valence-corrected chi connectivity index (χ2v) is 14.9. The molecule has 9 aromatic rings. The highest BCUT2D eigenvalue weighted by Gasteiger charge is 2.44. The molecule has 3 aliphatic rings. The topological polar surface area (TPSA) is 66.3 Å². The minimum Gasteiger partial charge on any atom is -0.456 e. The standard InChI is InChI=1S/C51H34N4O2/c1-3-12-31(13-4-1)32-22-24-33(25-23-32)49-52-50(34-26-28-43-39(30-34)36-16-8-10-20-42(36)56-43)54-51(53-49)38-18-11-21-44-47(38)48-45(57-44)29-27-41-46(48)37-17-7-9-19-40(37)55(41)35-14-5-2-6-15-35/h1-30,41,46,51H,(H,52,53,54). The molecule has 1 N–H and O–H groups in total. The van der Waals surface area contributed by atoms with E-state index in [0.717, 1.165) is 72.6 Å². The second-order valence-electron chi connectivity index (χ2n) is 14.9. The summed E-state index contributed by atoms with van der Waals surface area (Å²) in [7, 11) is 0. The Morgan fingerprint density at radius 3 is 2.02 bits per heavy atom. The number of amidine groups is 2. The van der Waals surface area contributed by atoms with E-state index in [1.165, 1.54) is 28.1 Å². The molecule has 3 unspecified atom stereocenters. The Morgan fingerprint density at radius 2 is 1.16 bits per heavy atom. The minimum absolute atomic E-state index is 0.0553. The fourth-order valence-corrected chi connectivity index (χ4v) is 9.15. The summed E-state index contributed by atoms with van der Waals surface area (Å²) in [5.74, 6) is 2.45. The lowest BCUT2D eigenvalue weighted by Gasteiger charge is -2.30. The summed E-state index contributed by atoms with van der Waals surface area (Å²) in [6.45, 7) is 0. The largest absolute Gasteiger partial charge is 0.456 e. The summed E-state index contributed by atoms with van der Waals surface area (Å²) >= 11 is 0. The van der Waals surface area contributed by atoms with E-state index in [9.17, 15) is 0 Å². The fourth-order valence-electron chi connectivity index (χ4n) is 9.15. The van der Waals surface area contributed by atoms with Crippen molar-refractivity contribution in [3.8, 4) is 11.1 Å². The summed E-state index contributed by atoms with van der Waals surface area (Å²) in [5.41, 5.74) is 12.7. The number of nitrogens with zero attached hydrogens (tertiary/aromatic N) is 3. The monoisotopic (exact) mass is 734 g/mol. The van der Waals surface area contributed by atoms with Gasteiger partial charge in [-0.25, -0.2) is 9.98 Å². The Balaban J connectivity index is 1.03. The number of anilines is 2. The molecule has 2 aromatic heterocycles. The number of fused-ring (bicyclic) bond motifs is 10. The highest BCUT2D eigenvalue weighted by atomic mass is 16.3. The molecule has 0 saturated carbocycles. The first-order valence-electron chi connectivity index (χ1n) is 19.4. The number of aliphatic imine (C=N–C) groups is 2. The van der Waals surface area contributed by atoms with Crippen LogP contribution in [0.1, 0.15) is 45.7 Å². The van der Waals surface area contributed by atoms with Crippen molar-refractivity contribution in [1.29, 1.82) is 0 Å². The van der Waals surface area contributed by atoms with Crippen LogP contribution in [0.15, 0.2) is 195 Å². The summed E-state index contributed by atoms with van der Waals surface area (Å²) in [6, 6.07) is 59.4. The Bertz CT molecular complexity index is 3120. The molecule has 0 saturated heterocycles. The maximum atomic E-state index is 6.72. The van der Waals surface area contributed by atoms with Gasteiger partial charge in [0.2, 0.25) is 0 Å². The highest BCUT2D eigenvalue weighted by molar-refractivity contribution is 6.18. The van der Waals surface area contributed by atoms with Gasteiger partial charge in [0.15, 0.2) is 6.17 Å². The van der Waals surface area contributed by atoms with Crippen molar-refractivity contribution in [2.75, 3.05) is 4.90 Å². The summed E-state index contributed by atoms with van der Waals surface area (Å²) in [6.07, 6.45) is 3.92. The van der Waals surface area contributed by atoms with E-state index in [4.69, 9.17) is 18.8 Å². The van der Waals surface area contributed by atoms with Crippen LogP contribution in [0.25, 0.3) is 50.1 Å². The minimum atomic E-state index is -0.543. The molecule has 270 valence electrons. The molecular formula is C51H34N4O2. The molecule has 12 rings (SSSR count). The number of furan rings is 2. The lowest BCUT2D eigenvalue weighted by molar-refractivity contribution is 0.584. The molecule has 0 bridgehead atoms. The molecule has 57 heavy (non-hydrogen) atoms. The number of benzene rings is 7. The molecule has 0 amide bonds. The summed E-state index contributed by atoms with van der Waals surface area (Å²) < 4.78 is 12.9. The third-order valence-electron chi connectivity index (χ3n) is 11.7. The van der Waals surface area contributed by atoms with E-state index in [-0.39, 0.29) is 12.0 Å². The van der Waals surface area contributed by atoms with Gasteiger partial charge in [-0.05, 0) is 71.3 Å². The molecule has 0 spiro atoms. The Labute approximate surface area is 328 Å². The van der Waals surface area contributed by atoms with Crippen molar-refractivity contribution < 1.29 is 8.83 Å². The summed E-state index contributed by atoms with van der Waals surface area (Å²) in [4.78, 5) is 13.3. The SMILES string of the molecule is C1=CC2C(c3ccccc3N2c2ccccc2)c2c1oc1cccc(C3N=C(c4ccc(-c5ccccc5)cc4)NC(c4ccc5oc6ccccc6c5c4)=N3)c21. The predicted molar refractivity (Wildman–Crippen MR) is 230 cm³/mol. The molecule has 6 heteroatoms. The molecule has 7 aromatic carbocycles. The number of rotatable bonds is 5.